The molecule has 0 saturated carbocycles. The molecular formula is C22H28N2O6S. The smallest absolute Gasteiger partial charge is 0.305 e. The van der Waals surface area contributed by atoms with Gasteiger partial charge in [0.2, 0.25) is 0 Å². The number of nitrogens with one attached hydrogen (secondary N) is 1. The van der Waals surface area contributed by atoms with Crippen molar-refractivity contribution in [1.29, 1.82) is 0 Å². The van der Waals surface area contributed by atoms with Gasteiger partial charge >= 0.3 is 5.97 Å². The number of benzene rings is 2. The number of aryl methyl sites for hydroxylation is 1. The van der Waals surface area contributed by atoms with Crippen LogP contribution in [0.15, 0.2) is 47.4 Å². The maximum absolute atomic E-state index is 13.2. The highest BCUT2D eigenvalue weighted by atomic mass is 32.2. The van der Waals surface area contributed by atoms with Crippen LogP contribution in [-0.4, -0.2) is 48.1 Å². The Labute approximate surface area is 183 Å². The molecule has 0 aliphatic rings. The molecule has 168 valence electrons. The summed E-state index contributed by atoms with van der Waals surface area (Å²) in [7, 11) is 0.325. The second kappa shape index (κ2) is 10.8. The van der Waals surface area contributed by atoms with E-state index in [1.165, 1.54) is 33.4 Å². The number of carbonyl (C=O) groups excluding carboxylic acids is 2. The van der Waals surface area contributed by atoms with Crippen LogP contribution in [0.25, 0.3) is 0 Å². The highest BCUT2D eigenvalue weighted by molar-refractivity contribution is 7.92. The Hall–Kier alpha value is -3.07. The fourth-order valence-corrected chi connectivity index (χ4v) is 4.21. The molecule has 2 aromatic rings. The lowest BCUT2D eigenvalue weighted by atomic mass is 10.1. The van der Waals surface area contributed by atoms with E-state index in [0.29, 0.717) is 36.4 Å². The summed E-state index contributed by atoms with van der Waals surface area (Å²) in [5, 5.41) is 2.77. The van der Waals surface area contributed by atoms with Crippen LogP contribution in [0.5, 0.6) is 5.75 Å². The standard InChI is InChI=1S/C22H28N2O6S/c1-16-12-13-17(15-18(16)22(26)23-14-8-7-11-21(25)30-4)31(27,28)24(2)19-9-5-6-10-20(19)29-3/h5-6,9-10,12-13,15H,7-8,11,14H2,1-4H3,(H,23,26). The topological polar surface area (TPSA) is 102 Å². The van der Waals surface area contributed by atoms with Crippen molar-refractivity contribution in [2.75, 3.05) is 32.1 Å². The highest BCUT2D eigenvalue weighted by Crippen LogP contribution is 2.31. The highest BCUT2D eigenvalue weighted by Gasteiger charge is 2.25. The lowest BCUT2D eigenvalue weighted by Gasteiger charge is -2.22. The first-order chi connectivity index (χ1) is 14.7. The summed E-state index contributed by atoms with van der Waals surface area (Å²) in [6.45, 7) is 2.11. The average Bonchev–Trinajstić information content (AvgIpc) is 2.77. The van der Waals surface area contributed by atoms with Crippen LogP contribution >= 0.6 is 0 Å². The summed E-state index contributed by atoms with van der Waals surface area (Å²) >= 11 is 0. The van der Waals surface area contributed by atoms with Crippen molar-refractivity contribution in [1.82, 2.24) is 5.32 Å². The van der Waals surface area contributed by atoms with Gasteiger partial charge in [0, 0.05) is 25.6 Å². The predicted octanol–water partition coefficient (Wildman–Crippen LogP) is 2.90. The lowest BCUT2D eigenvalue weighted by molar-refractivity contribution is -0.140. The molecule has 0 aromatic heterocycles. The number of sulfonamides is 1. The Morgan fingerprint density at radius 2 is 1.77 bits per heavy atom. The predicted molar refractivity (Wildman–Crippen MR) is 118 cm³/mol. The monoisotopic (exact) mass is 448 g/mol. The first-order valence-corrected chi connectivity index (χ1v) is 11.2. The normalized spacial score (nSPS) is 11.0. The first-order valence-electron chi connectivity index (χ1n) is 9.80. The lowest BCUT2D eigenvalue weighted by Crippen LogP contribution is -2.28. The van der Waals surface area contributed by atoms with Crippen LogP contribution in [0.3, 0.4) is 0 Å². The van der Waals surface area contributed by atoms with Crippen molar-refractivity contribution in [3.63, 3.8) is 0 Å². The minimum Gasteiger partial charge on any atom is -0.495 e. The van der Waals surface area contributed by atoms with E-state index in [4.69, 9.17) is 4.74 Å². The van der Waals surface area contributed by atoms with Gasteiger partial charge in [-0.1, -0.05) is 18.2 Å². The summed E-state index contributed by atoms with van der Waals surface area (Å²) in [6, 6.07) is 11.3. The van der Waals surface area contributed by atoms with Crippen LogP contribution in [0.4, 0.5) is 5.69 Å². The van der Waals surface area contributed by atoms with Gasteiger partial charge < -0.3 is 14.8 Å². The Morgan fingerprint density at radius 1 is 1.06 bits per heavy atom. The molecule has 2 rings (SSSR count). The summed E-state index contributed by atoms with van der Waals surface area (Å²) in [4.78, 5) is 23.7. The molecule has 2 aromatic carbocycles. The average molecular weight is 449 g/mol. The molecule has 31 heavy (non-hydrogen) atoms. The molecule has 0 atom stereocenters. The minimum atomic E-state index is -3.92. The van der Waals surface area contributed by atoms with Gasteiger partial charge in [-0.2, -0.15) is 0 Å². The van der Waals surface area contributed by atoms with E-state index in [-0.39, 0.29) is 28.8 Å². The molecule has 9 heteroatoms. The van der Waals surface area contributed by atoms with Crippen LogP contribution in [0, 0.1) is 6.92 Å². The van der Waals surface area contributed by atoms with Crippen molar-refractivity contribution >= 4 is 27.6 Å². The summed E-state index contributed by atoms with van der Waals surface area (Å²) < 4.78 is 37.3. The second-order valence-corrected chi connectivity index (χ2v) is 8.88. The molecule has 0 aliphatic carbocycles. The molecule has 0 bridgehead atoms. The van der Waals surface area contributed by atoms with E-state index in [9.17, 15) is 18.0 Å². The number of anilines is 1. The van der Waals surface area contributed by atoms with Gasteiger partial charge in [0.25, 0.3) is 15.9 Å². The van der Waals surface area contributed by atoms with Crippen molar-refractivity contribution in [3.05, 3.63) is 53.6 Å². The number of carbonyl (C=O) groups is 2. The third-order valence-corrected chi connectivity index (χ3v) is 6.62. The number of rotatable bonds is 10. The van der Waals surface area contributed by atoms with Crippen molar-refractivity contribution in [2.24, 2.45) is 0 Å². The van der Waals surface area contributed by atoms with E-state index >= 15 is 0 Å². The fourth-order valence-electron chi connectivity index (χ4n) is 2.98. The minimum absolute atomic E-state index is 0.00217. The van der Waals surface area contributed by atoms with Gasteiger partial charge in [-0.05, 0) is 49.6 Å². The quantitative estimate of drug-likeness (QED) is 0.443. The molecular weight excluding hydrogens is 420 g/mol. The summed E-state index contributed by atoms with van der Waals surface area (Å²) in [5.74, 6) is -0.239. The Kier molecular flexibility index (Phi) is 8.44. The number of ether oxygens (including phenoxy) is 2. The number of amides is 1. The van der Waals surface area contributed by atoms with E-state index in [0.717, 1.165) is 4.31 Å². The maximum atomic E-state index is 13.2. The van der Waals surface area contributed by atoms with E-state index in [1.807, 2.05) is 0 Å². The summed E-state index contributed by atoms with van der Waals surface area (Å²) in [6.07, 6.45) is 1.48. The van der Waals surface area contributed by atoms with Crippen molar-refractivity contribution in [3.8, 4) is 5.75 Å². The number of hydrogen-bond donors (Lipinski definition) is 1. The van der Waals surface area contributed by atoms with Gasteiger partial charge in [0.15, 0.2) is 0 Å². The number of nitrogens with zero attached hydrogens (tertiary/aromatic N) is 1. The van der Waals surface area contributed by atoms with Gasteiger partial charge in [-0.15, -0.1) is 0 Å². The molecule has 1 N–H and O–H groups in total. The Morgan fingerprint density at radius 3 is 2.45 bits per heavy atom. The Bertz CT molecular complexity index is 1040. The van der Waals surface area contributed by atoms with E-state index in [1.54, 1.807) is 37.3 Å². The third-order valence-electron chi connectivity index (χ3n) is 4.86. The van der Waals surface area contributed by atoms with Crippen LogP contribution in [0.1, 0.15) is 35.2 Å². The van der Waals surface area contributed by atoms with Crippen LogP contribution in [-0.2, 0) is 19.6 Å². The van der Waals surface area contributed by atoms with Gasteiger partial charge in [-0.25, -0.2) is 8.42 Å². The molecule has 8 nitrogen and oxygen atoms in total. The number of hydrogen-bond acceptors (Lipinski definition) is 6. The van der Waals surface area contributed by atoms with Gasteiger partial charge in [0.05, 0.1) is 24.8 Å². The fraction of sp³-hybridized carbons (Fsp3) is 0.364. The van der Waals surface area contributed by atoms with Crippen molar-refractivity contribution < 1.29 is 27.5 Å². The second-order valence-electron chi connectivity index (χ2n) is 6.91. The molecule has 1 amide bonds. The van der Waals surface area contributed by atoms with E-state index < -0.39 is 10.0 Å². The Balaban J connectivity index is 2.17. The molecule has 0 saturated heterocycles. The van der Waals surface area contributed by atoms with E-state index in [2.05, 4.69) is 10.1 Å². The first kappa shape index (κ1) is 24.2. The van der Waals surface area contributed by atoms with Gasteiger partial charge in [-0.3, -0.25) is 13.9 Å². The number of para-hydroxylation sites is 2. The van der Waals surface area contributed by atoms with Gasteiger partial charge in [0.1, 0.15) is 5.75 Å². The zero-order valence-corrected chi connectivity index (χ0v) is 19.0. The molecule has 0 spiro atoms. The maximum Gasteiger partial charge on any atom is 0.305 e. The van der Waals surface area contributed by atoms with Crippen LogP contribution < -0.4 is 14.4 Å². The molecule has 0 heterocycles. The zero-order chi connectivity index (χ0) is 23.0. The number of esters is 1. The molecule has 0 radical (unpaired) electrons. The van der Waals surface area contributed by atoms with Crippen LogP contribution in [0.2, 0.25) is 0 Å². The third kappa shape index (κ3) is 5.97. The molecule has 0 fully saturated rings. The number of methoxy groups -OCH3 is 2. The van der Waals surface area contributed by atoms with Crippen molar-refractivity contribution in [2.45, 2.75) is 31.1 Å². The summed E-state index contributed by atoms with van der Waals surface area (Å²) in [5.41, 5.74) is 1.33. The number of unbranched alkanes of at least 4 members (excludes halogenated alkanes) is 1. The zero-order valence-electron chi connectivity index (χ0n) is 18.2. The molecule has 0 aliphatic heterocycles. The SMILES string of the molecule is COC(=O)CCCCNC(=O)c1cc(S(=O)(=O)N(C)c2ccccc2OC)ccc1C. The molecule has 0 unspecified atom stereocenters. The largest absolute Gasteiger partial charge is 0.495 e.